The van der Waals surface area contributed by atoms with Crippen molar-refractivity contribution < 1.29 is 4.79 Å². The van der Waals surface area contributed by atoms with E-state index >= 15 is 0 Å². The SMILES string of the molecule is CC(C)CC1Nc2ncnc(Nc3sc4c(c3C#N)CCC4)c2NC1=O. The number of aryl methyl sites for hydroxylation is 1. The maximum Gasteiger partial charge on any atom is 0.247 e. The molecule has 134 valence electrons. The summed E-state index contributed by atoms with van der Waals surface area (Å²) in [7, 11) is 0. The van der Waals surface area contributed by atoms with Gasteiger partial charge in [-0.15, -0.1) is 11.3 Å². The maximum absolute atomic E-state index is 12.4. The number of hydrogen-bond acceptors (Lipinski definition) is 7. The lowest BCUT2D eigenvalue weighted by Gasteiger charge is -2.27. The van der Waals surface area contributed by atoms with Crippen molar-refractivity contribution in [2.45, 2.75) is 45.6 Å². The van der Waals surface area contributed by atoms with Gasteiger partial charge in [0.2, 0.25) is 5.91 Å². The Morgan fingerprint density at radius 3 is 3.04 bits per heavy atom. The van der Waals surface area contributed by atoms with E-state index in [1.807, 2.05) is 0 Å². The molecule has 3 N–H and O–H groups in total. The van der Waals surface area contributed by atoms with Gasteiger partial charge in [-0.1, -0.05) is 13.8 Å². The summed E-state index contributed by atoms with van der Waals surface area (Å²) in [5, 5.41) is 19.7. The second-order valence-corrected chi connectivity index (χ2v) is 8.17. The minimum Gasteiger partial charge on any atom is -0.356 e. The summed E-state index contributed by atoms with van der Waals surface area (Å²) in [6.45, 7) is 4.16. The Morgan fingerprint density at radius 1 is 1.42 bits per heavy atom. The fourth-order valence-electron chi connectivity index (χ4n) is 3.50. The molecule has 1 unspecified atom stereocenters. The van der Waals surface area contributed by atoms with E-state index in [2.05, 4.69) is 45.8 Å². The van der Waals surface area contributed by atoms with E-state index < -0.39 is 0 Å². The van der Waals surface area contributed by atoms with Gasteiger partial charge in [0.05, 0.1) is 5.56 Å². The van der Waals surface area contributed by atoms with Crippen LogP contribution in [-0.4, -0.2) is 21.9 Å². The van der Waals surface area contributed by atoms with Gasteiger partial charge >= 0.3 is 0 Å². The molecule has 0 spiro atoms. The maximum atomic E-state index is 12.4. The number of amides is 1. The summed E-state index contributed by atoms with van der Waals surface area (Å²) < 4.78 is 0. The zero-order valence-corrected chi connectivity index (χ0v) is 15.5. The fraction of sp³-hybridized carbons (Fsp3) is 0.444. The first kappa shape index (κ1) is 16.8. The molecule has 0 aromatic carbocycles. The number of fused-ring (bicyclic) bond motifs is 2. The van der Waals surface area contributed by atoms with E-state index in [0.717, 1.165) is 36.2 Å². The third-order valence-corrected chi connectivity index (χ3v) is 5.90. The summed E-state index contributed by atoms with van der Waals surface area (Å²) in [6, 6.07) is 2.01. The minimum absolute atomic E-state index is 0.0850. The van der Waals surface area contributed by atoms with Gasteiger partial charge in [0, 0.05) is 4.88 Å². The molecular weight excluding hydrogens is 348 g/mol. The topological polar surface area (TPSA) is 103 Å². The normalized spacial score (nSPS) is 17.9. The zero-order valence-electron chi connectivity index (χ0n) is 14.7. The first-order valence-electron chi connectivity index (χ1n) is 8.81. The highest BCUT2D eigenvalue weighted by atomic mass is 32.1. The molecule has 0 saturated carbocycles. The van der Waals surface area contributed by atoms with Gasteiger partial charge in [-0.25, -0.2) is 9.97 Å². The highest BCUT2D eigenvalue weighted by molar-refractivity contribution is 7.16. The number of rotatable bonds is 4. The number of carbonyl (C=O) groups excluding carboxylic acids is 1. The molecule has 2 aromatic heterocycles. The summed E-state index contributed by atoms with van der Waals surface area (Å²) in [5.74, 6) is 1.43. The summed E-state index contributed by atoms with van der Waals surface area (Å²) >= 11 is 1.60. The second kappa shape index (κ2) is 6.57. The number of aromatic nitrogens is 2. The Hall–Kier alpha value is -2.66. The number of carbonyl (C=O) groups is 1. The standard InChI is InChI=1S/C18H20N6OS/c1-9(2)6-12-17(25)23-14-15(22-12)20-8-21-16(14)24-18-11(7-19)10-4-3-5-13(10)26-18/h8-9,12H,3-6H2,1-2H3,(H,23,25)(H2,20,21,22,24). The predicted molar refractivity (Wildman–Crippen MR) is 102 cm³/mol. The van der Waals surface area contributed by atoms with Crippen molar-refractivity contribution in [1.29, 1.82) is 5.26 Å². The van der Waals surface area contributed by atoms with Gasteiger partial charge in [0.1, 0.15) is 29.1 Å². The number of nitriles is 1. The molecule has 1 amide bonds. The molecule has 8 heteroatoms. The van der Waals surface area contributed by atoms with Crippen LogP contribution in [0.5, 0.6) is 0 Å². The van der Waals surface area contributed by atoms with Crippen molar-refractivity contribution in [3.63, 3.8) is 0 Å². The molecule has 2 aromatic rings. The molecule has 1 atom stereocenters. The third kappa shape index (κ3) is 2.88. The van der Waals surface area contributed by atoms with Crippen molar-refractivity contribution in [3.8, 4) is 6.07 Å². The molecule has 0 radical (unpaired) electrons. The van der Waals surface area contributed by atoms with Crippen molar-refractivity contribution in [3.05, 3.63) is 22.3 Å². The first-order chi connectivity index (χ1) is 12.6. The van der Waals surface area contributed by atoms with Gasteiger partial charge < -0.3 is 16.0 Å². The molecule has 1 aliphatic heterocycles. The van der Waals surface area contributed by atoms with Gasteiger partial charge in [-0.05, 0) is 37.2 Å². The fourth-order valence-corrected chi connectivity index (χ4v) is 4.74. The summed E-state index contributed by atoms with van der Waals surface area (Å²) in [4.78, 5) is 22.3. The van der Waals surface area contributed by atoms with Crippen molar-refractivity contribution in [2.75, 3.05) is 16.0 Å². The number of nitrogens with zero attached hydrogens (tertiary/aromatic N) is 3. The molecule has 0 fully saturated rings. The number of thiophene rings is 1. The Morgan fingerprint density at radius 2 is 2.27 bits per heavy atom. The van der Waals surface area contributed by atoms with Crippen LogP contribution < -0.4 is 16.0 Å². The van der Waals surface area contributed by atoms with Gasteiger partial charge in [0.15, 0.2) is 11.6 Å². The van der Waals surface area contributed by atoms with Crippen LogP contribution in [0.3, 0.4) is 0 Å². The van der Waals surface area contributed by atoms with Crippen LogP contribution >= 0.6 is 11.3 Å². The van der Waals surface area contributed by atoms with E-state index in [1.54, 1.807) is 11.3 Å². The van der Waals surface area contributed by atoms with Crippen LogP contribution in [0.1, 0.15) is 42.7 Å². The van der Waals surface area contributed by atoms with Crippen LogP contribution in [0.25, 0.3) is 0 Å². The lowest BCUT2D eigenvalue weighted by molar-refractivity contribution is -0.117. The molecule has 2 aliphatic rings. The van der Waals surface area contributed by atoms with Gasteiger partial charge in [-0.2, -0.15) is 5.26 Å². The number of nitrogens with one attached hydrogen (secondary N) is 3. The van der Waals surface area contributed by atoms with E-state index in [4.69, 9.17) is 0 Å². The Bertz CT molecular complexity index is 913. The monoisotopic (exact) mass is 368 g/mol. The molecular formula is C18H20N6OS. The van der Waals surface area contributed by atoms with Crippen LogP contribution in [0, 0.1) is 17.2 Å². The lowest BCUT2D eigenvalue weighted by atomic mass is 10.0. The molecule has 0 bridgehead atoms. The summed E-state index contributed by atoms with van der Waals surface area (Å²) in [6.07, 6.45) is 5.27. The highest BCUT2D eigenvalue weighted by Crippen LogP contribution is 2.41. The molecule has 3 heterocycles. The van der Waals surface area contributed by atoms with Crippen LogP contribution in [-0.2, 0) is 17.6 Å². The zero-order chi connectivity index (χ0) is 18.3. The van der Waals surface area contributed by atoms with E-state index in [-0.39, 0.29) is 11.9 Å². The Kier molecular flexibility index (Phi) is 4.24. The molecule has 26 heavy (non-hydrogen) atoms. The smallest absolute Gasteiger partial charge is 0.247 e. The van der Waals surface area contributed by atoms with Crippen molar-refractivity contribution in [2.24, 2.45) is 5.92 Å². The number of hydrogen-bond donors (Lipinski definition) is 3. The van der Waals surface area contributed by atoms with Crippen molar-refractivity contribution >= 4 is 39.6 Å². The van der Waals surface area contributed by atoms with E-state index in [0.29, 0.717) is 28.8 Å². The first-order valence-corrected chi connectivity index (χ1v) is 9.62. The lowest BCUT2D eigenvalue weighted by Crippen LogP contribution is -2.40. The van der Waals surface area contributed by atoms with Crippen LogP contribution in [0.15, 0.2) is 6.33 Å². The quantitative estimate of drug-likeness (QED) is 0.764. The van der Waals surface area contributed by atoms with E-state index in [9.17, 15) is 10.1 Å². The number of anilines is 4. The van der Waals surface area contributed by atoms with Gasteiger partial charge in [-0.3, -0.25) is 4.79 Å². The molecule has 0 saturated heterocycles. The second-order valence-electron chi connectivity index (χ2n) is 7.06. The molecule has 1 aliphatic carbocycles. The van der Waals surface area contributed by atoms with Crippen LogP contribution in [0.2, 0.25) is 0 Å². The predicted octanol–water partition coefficient (Wildman–Crippen LogP) is 3.42. The third-order valence-electron chi connectivity index (χ3n) is 4.70. The average Bonchev–Trinajstić information content (AvgIpc) is 3.16. The van der Waals surface area contributed by atoms with E-state index in [1.165, 1.54) is 11.2 Å². The Labute approximate surface area is 155 Å². The summed E-state index contributed by atoms with van der Waals surface area (Å²) in [5.41, 5.74) is 2.39. The molecule has 7 nitrogen and oxygen atoms in total. The average molecular weight is 368 g/mol. The highest BCUT2D eigenvalue weighted by Gasteiger charge is 2.30. The molecule has 4 rings (SSSR count). The van der Waals surface area contributed by atoms with Gasteiger partial charge in [0.25, 0.3) is 0 Å². The minimum atomic E-state index is -0.301. The van der Waals surface area contributed by atoms with Crippen LogP contribution in [0.4, 0.5) is 22.3 Å². The Balaban J connectivity index is 1.65. The van der Waals surface area contributed by atoms with Crippen molar-refractivity contribution in [1.82, 2.24) is 9.97 Å². The largest absolute Gasteiger partial charge is 0.356 e.